The fourth-order valence-electron chi connectivity index (χ4n) is 2.19. The highest BCUT2D eigenvalue weighted by Gasteiger charge is 2.20. The van der Waals surface area contributed by atoms with Gasteiger partial charge in [0.1, 0.15) is 5.75 Å². The molecule has 1 atom stereocenters. The number of ether oxygens (including phenoxy) is 1. The number of halogens is 1. The van der Waals surface area contributed by atoms with Crippen LogP contribution in [0, 0.1) is 0 Å². The average molecular weight is 397 g/mol. The smallest absolute Gasteiger partial charge is 0.265 e. The van der Waals surface area contributed by atoms with E-state index >= 15 is 0 Å². The fraction of sp³-hybridized carbons (Fsp3) is 0.278. The highest BCUT2D eigenvalue weighted by atomic mass is 35.5. The SMILES string of the molecule is CC[C@@H](Oc1ccc(N(C)S(C)(=O)=O)cc1)C(=O)Nc1ccccc1Cl. The topological polar surface area (TPSA) is 75.7 Å². The first kappa shape index (κ1) is 20.1. The van der Waals surface area contributed by atoms with Crippen molar-refractivity contribution in [2.24, 2.45) is 0 Å². The number of nitrogens with one attached hydrogen (secondary N) is 1. The van der Waals surface area contributed by atoms with Crippen LogP contribution in [0.25, 0.3) is 0 Å². The highest BCUT2D eigenvalue weighted by Crippen LogP contribution is 2.23. The maximum absolute atomic E-state index is 12.4. The van der Waals surface area contributed by atoms with Gasteiger partial charge in [-0.15, -0.1) is 0 Å². The number of hydrogen-bond donors (Lipinski definition) is 1. The lowest BCUT2D eigenvalue weighted by Crippen LogP contribution is -2.32. The van der Waals surface area contributed by atoms with E-state index in [4.69, 9.17) is 16.3 Å². The highest BCUT2D eigenvalue weighted by molar-refractivity contribution is 7.92. The third-order valence-corrected chi connectivity index (χ3v) is 5.31. The Balaban J connectivity index is 2.07. The molecule has 0 spiro atoms. The van der Waals surface area contributed by atoms with Gasteiger partial charge in [0.15, 0.2) is 6.10 Å². The van der Waals surface area contributed by atoms with E-state index in [2.05, 4.69) is 5.32 Å². The molecule has 0 unspecified atom stereocenters. The molecule has 2 aromatic carbocycles. The first-order valence-corrected chi connectivity index (χ1v) is 10.2. The van der Waals surface area contributed by atoms with Gasteiger partial charge in [0.25, 0.3) is 5.91 Å². The van der Waals surface area contributed by atoms with Crippen LogP contribution >= 0.6 is 11.6 Å². The summed E-state index contributed by atoms with van der Waals surface area (Å²) < 4.78 is 30.0. The molecule has 26 heavy (non-hydrogen) atoms. The van der Waals surface area contributed by atoms with Crippen LogP contribution in [0.2, 0.25) is 5.02 Å². The third-order valence-electron chi connectivity index (χ3n) is 3.77. The minimum atomic E-state index is -3.33. The molecule has 2 rings (SSSR count). The van der Waals surface area contributed by atoms with E-state index in [-0.39, 0.29) is 5.91 Å². The van der Waals surface area contributed by atoms with Crippen molar-refractivity contribution in [1.29, 1.82) is 0 Å². The molecule has 0 aliphatic carbocycles. The van der Waals surface area contributed by atoms with Crippen LogP contribution in [0.1, 0.15) is 13.3 Å². The summed E-state index contributed by atoms with van der Waals surface area (Å²) in [6, 6.07) is 13.5. The summed E-state index contributed by atoms with van der Waals surface area (Å²) in [5.74, 6) is 0.162. The van der Waals surface area contributed by atoms with Crippen LogP contribution in [0.3, 0.4) is 0 Å². The lowest BCUT2D eigenvalue weighted by Gasteiger charge is -2.19. The molecular weight excluding hydrogens is 376 g/mol. The second-order valence-electron chi connectivity index (χ2n) is 5.71. The molecule has 6 nitrogen and oxygen atoms in total. The number of hydrogen-bond acceptors (Lipinski definition) is 4. The Morgan fingerprint density at radius 3 is 2.35 bits per heavy atom. The van der Waals surface area contributed by atoms with Gasteiger partial charge in [0, 0.05) is 7.05 Å². The van der Waals surface area contributed by atoms with E-state index in [0.29, 0.717) is 28.6 Å². The van der Waals surface area contributed by atoms with Gasteiger partial charge in [0.05, 0.1) is 22.7 Å². The molecule has 8 heteroatoms. The molecule has 0 aliphatic rings. The average Bonchev–Trinajstić information content (AvgIpc) is 2.60. The molecular formula is C18H21ClN2O4S. The van der Waals surface area contributed by atoms with Crippen LogP contribution < -0.4 is 14.4 Å². The Bertz CT molecular complexity index is 869. The summed E-state index contributed by atoms with van der Waals surface area (Å²) in [4.78, 5) is 12.4. The van der Waals surface area contributed by atoms with E-state index in [1.807, 2.05) is 6.92 Å². The molecule has 0 aromatic heterocycles. The Morgan fingerprint density at radius 1 is 1.19 bits per heavy atom. The van der Waals surface area contributed by atoms with Crippen LogP contribution in [0.5, 0.6) is 5.75 Å². The lowest BCUT2D eigenvalue weighted by molar-refractivity contribution is -0.122. The molecule has 0 saturated carbocycles. The molecule has 0 aliphatic heterocycles. The number of benzene rings is 2. The molecule has 1 N–H and O–H groups in total. The summed E-state index contributed by atoms with van der Waals surface area (Å²) in [7, 11) is -1.86. The van der Waals surface area contributed by atoms with Gasteiger partial charge in [-0.3, -0.25) is 9.10 Å². The van der Waals surface area contributed by atoms with Crippen molar-refractivity contribution in [2.75, 3.05) is 22.9 Å². The Morgan fingerprint density at radius 2 is 1.81 bits per heavy atom. The van der Waals surface area contributed by atoms with Crippen LogP contribution in [-0.4, -0.2) is 33.7 Å². The first-order valence-electron chi connectivity index (χ1n) is 7.98. The summed E-state index contributed by atoms with van der Waals surface area (Å²) in [5.41, 5.74) is 1.03. The Hall–Kier alpha value is -2.25. The minimum Gasteiger partial charge on any atom is -0.481 e. The summed E-state index contributed by atoms with van der Waals surface area (Å²) in [6.45, 7) is 1.84. The predicted molar refractivity (Wildman–Crippen MR) is 104 cm³/mol. The van der Waals surface area contributed by atoms with Crippen molar-refractivity contribution in [1.82, 2.24) is 0 Å². The quantitative estimate of drug-likeness (QED) is 0.776. The largest absolute Gasteiger partial charge is 0.481 e. The van der Waals surface area contributed by atoms with Crippen molar-refractivity contribution in [3.63, 3.8) is 0 Å². The maximum atomic E-state index is 12.4. The number of anilines is 2. The van der Waals surface area contributed by atoms with Gasteiger partial charge < -0.3 is 10.1 Å². The van der Waals surface area contributed by atoms with Crippen molar-refractivity contribution in [3.8, 4) is 5.75 Å². The first-order chi connectivity index (χ1) is 12.2. The molecule has 140 valence electrons. The summed E-state index contributed by atoms with van der Waals surface area (Å²) >= 11 is 6.05. The predicted octanol–water partition coefficient (Wildman–Crippen LogP) is 3.53. The second kappa shape index (κ2) is 8.42. The van der Waals surface area contributed by atoms with E-state index in [1.54, 1.807) is 48.5 Å². The molecule has 2 aromatic rings. The minimum absolute atomic E-state index is 0.307. The van der Waals surface area contributed by atoms with Crippen molar-refractivity contribution < 1.29 is 17.9 Å². The molecule has 0 radical (unpaired) electrons. The van der Waals surface area contributed by atoms with Crippen LogP contribution in [0.4, 0.5) is 11.4 Å². The van der Waals surface area contributed by atoms with Gasteiger partial charge >= 0.3 is 0 Å². The molecule has 1 amide bonds. The number of amides is 1. The van der Waals surface area contributed by atoms with E-state index < -0.39 is 16.1 Å². The Kier molecular flexibility index (Phi) is 6.50. The number of carbonyl (C=O) groups is 1. The lowest BCUT2D eigenvalue weighted by atomic mass is 10.2. The zero-order valence-corrected chi connectivity index (χ0v) is 16.3. The molecule has 0 fully saturated rings. The fourth-order valence-corrected chi connectivity index (χ4v) is 2.88. The third kappa shape index (κ3) is 5.12. The zero-order chi connectivity index (χ0) is 19.3. The molecule has 0 bridgehead atoms. The van der Waals surface area contributed by atoms with Crippen LogP contribution in [-0.2, 0) is 14.8 Å². The standard InChI is InChI=1S/C18H21ClN2O4S/c1-4-17(18(22)20-16-8-6-5-7-15(16)19)25-14-11-9-13(10-12-14)21(2)26(3,23)24/h5-12,17H,4H2,1-3H3,(H,20,22)/t17-/m1/s1. The second-order valence-corrected chi connectivity index (χ2v) is 8.13. The van der Waals surface area contributed by atoms with Crippen LogP contribution in [0.15, 0.2) is 48.5 Å². The summed E-state index contributed by atoms with van der Waals surface area (Å²) in [5, 5.41) is 3.20. The number of carbonyl (C=O) groups excluding carboxylic acids is 1. The number of rotatable bonds is 7. The van der Waals surface area contributed by atoms with Gasteiger partial charge in [-0.2, -0.15) is 0 Å². The number of para-hydroxylation sites is 1. The van der Waals surface area contributed by atoms with E-state index in [0.717, 1.165) is 10.6 Å². The zero-order valence-electron chi connectivity index (χ0n) is 14.8. The van der Waals surface area contributed by atoms with Gasteiger partial charge in [0.2, 0.25) is 10.0 Å². The van der Waals surface area contributed by atoms with Gasteiger partial charge in [-0.1, -0.05) is 30.7 Å². The van der Waals surface area contributed by atoms with Gasteiger partial charge in [-0.05, 0) is 42.8 Å². The van der Waals surface area contributed by atoms with E-state index in [9.17, 15) is 13.2 Å². The Labute approximate surface area is 158 Å². The number of nitrogens with zero attached hydrogens (tertiary/aromatic N) is 1. The van der Waals surface area contributed by atoms with E-state index in [1.165, 1.54) is 7.05 Å². The monoisotopic (exact) mass is 396 g/mol. The van der Waals surface area contributed by atoms with Crippen molar-refractivity contribution in [2.45, 2.75) is 19.4 Å². The van der Waals surface area contributed by atoms with Crippen molar-refractivity contribution in [3.05, 3.63) is 53.6 Å². The van der Waals surface area contributed by atoms with Crippen molar-refractivity contribution >= 4 is 38.9 Å². The number of sulfonamides is 1. The maximum Gasteiger partial charge on any atom is 0.265 e. The summed E-state index contributed by atoms with van der Waals surface area (Å²) in [6.07, 6.45) is 0.884. The molecule has 0 heterocycles. The normalized spacial score (nSPS) is 12.3. The molecule has 0 saturated heterocycles. The van der Waals surface area contributed by atoms with Gasteiger partial charge in [-0.25, -0.2) is 8.42 Å².